The third kappa shape index (κ3) is 5.14. The summed E-state index contributed by atoms with van der Waals surface area (Å²) in [5.41, 5.74) is -23.5. The Balaban J connectivity index is 8.34. The third-order valence-electron chi connectivity index (χ3n) is 2.95. The van der Waals surface area contributed by atoms with Gasteiger partial charge in [-0.1, -0.05) is 0 Å². The topological polar surface area (TPSA) is 9.23 Å². The summed E-state index contributed by atoms with van der Waals surface area (Å²) in [6.07, 6.45) is -48.5. The van der Waals surface area contributed by atoms with Gasteiger partial charge < -0.3 is 4.74 Å². The Labute approximate surface area is 154 Å². The largest absolute Gasteiger partial charge is 0.573 e. The molecule has 0 rings (SSSR count). The summed E-state index contributed by atoms with van der Waals surface area (Å²) < 4.78 is 254. The van der Waals surface area contributed by atoms with Crippen LogP contribution >= 0.6 is 0 Å². The Morgan fingerprint density at radius 2 is 0.613 bits per heavy atom. The van der Waals surface area contributed by atoms with E-state index in [0.29, 0.717) is 0 Å². The number of hydrogen-bond donors (Lipinski definition) is 0. The number of halogens is 20. The highest BCUT2D eigenvalue weighted by atomic mass is 19.4. The summed E-state index contributed by atoms with van der Waals surface area (Å²) in [6.45, 7) is 0. The SMILES string of the molecule is FC(F)(F)OC(=C(C(F)(C(F)(F)F)C(F)(F)F)C(F)(C(F)(F)F)C(F)(F)F)C(F)(F)F. The van der Waals surface area contributed by atoms with Crippen molar-refractivity contribution in [2.45, 2.75) is 48.6 Å². The van der Waals surface area contributed by atoms with Crippen LogP contribution in [0.2, 0.25) is 0 Å². The molecule has 0 aliphatic heterocycles. The minimum atomic E-state index is -8.64. The van der Waals surface area contributed by atoms with Crippen LogP contribution in [0.3, 0.4) is 0 Å². The van der Waals surface area contributed by atoms with E-state index < -0.39 is 59.9 Å². The summed E-state index contributed by atoms with van der Waals surface area (Å²) in [5.74, 6) is -5.57. The van der Waals surface area contributed by atoms with E-state index in [9.17, 15) is 87.8 Å². The maximum absolute atomic E-state index is 13.9. The predicted molar refractivity (Wildman–Crippen MR) is 52.1 cm³/mol. The van der Waals surface area contributed by atoms with Crippen molar-refractivity contribution in [2.75, 3.05) is 0 Å². The first-order valence-electron chi connectivity index (χ1n) is 6.19. The van der Waals surface area contributed by atoms with Gasteiger partial charge in [0.1, 0.15) is 0 Å². The van der Waals surface area contributed by atoms with E-state index in [2.05, 4.69) is 0 Å². The summed E-state index contributed by atoms with van der Waals surface area (Å²) in [7, 11) is 0. The quantitative estimate of drug-likeness (QED) is 0.290. The van der Waals surface area contributed by atoms with Crippen molar-refractivity contribution in [3.63, 3.8) is 0 Å². The van der Waals surface area contributed by atoms with E-state index >= 15 is 0 Å². The number of ether oxygens (including phenoxy) is 1. The molecule has 0 atom stereocenters. The van der Waals surface area contributed by atoms with E-state index in [1.54, 1.807) is 0 Å². The van der Waals surface area contributed by atoms with Gasteiger partial charge in [0, 0.05) is 0 Å². The lowest BCUT2D eigenvalue weighted by Gasteiger charge is -2.41. The Morgan fingerprint density at radius 3 is 0.742 bits per heavy atom. The average Bonchev–Trinajstić information content (AvgIpc) is 2.38. The lowest BCUT2D eigenvalue weighted by atomic mass is 9.79. The highest BCUT2D eigenvalue weighted by molar-refractivity contribution is 5.40. The van der Waals surface area contributed by atoms with Crippen molar-refractivity contribution in [1.29, 1.82) is 0 Å². The van der Waals surface area contributed by atoms with Crippen molar-refractivity contribution >= 4 is 0 Å². The van der Waals surface area contributed by atoms with E-state index in [-0.39, 0.29) is 0 Å². The number of hydrogen-bond acceptors (Lipinski definition) is 1. The first kappa shape index (κ1) is 29.1. The Hall–Kier alpha value is -1.86. The first-order chi connectivity index (χ1) is 13.0. The Kier molecular flexibility index (Phi) is 6.90. The molecule has 0 radical (unpaired) electrons. The van der Waals surface area contributed by atoms with Crippen molar-refractivity contribution in [3.8, 4) is 0 Å². The van der Waals surface area contributed by atoms with E-state index in [1.165, 1.54) is 4.74 Å². The van der Waals surface area contributed by atoms with Crippen LogP contribution in [0, 0.1) is 0 Å². The summed E-state index contributed by atoms with van der Waals surface area (Å²) in [4.78, 5) is 0. The molecule has 0 spiro atoms. The normalized spacial score (nSPS) is 15.7. The van der Waals surface area contributed by atoms with Crippen LogP contribution in [0.1, 0.15) is 0 Å². The fourth-order valence-electron chi connectivity index (χ4n) is 1.80. The van der Waals surface area contributed by atoms with Crippen LogP contribution in [0.4, 0.5) is 87.8 Å². The summed E-state index contributed by atoms with van der Waals surface area (Å²) >= 11 is 0. The molecule has 0 bridgehead atoms. The zero-order chi connectivity index (χ0) is 25.9. The van der Waals surface area contributed by atoms with Gasteiger partial charge in [-0.2, -0.15) is 65.9 Å². The van der Waals surface area contributed by atoms with E-state index in [1.807, 2.05) is 0 Å². The smallest absolute Gasteiger partial charge is 0.400 e. The minimum Gasteiger partial charge on any atom is -0.400 e. The molecule has 0 aliphatic rings. The summed E-state index contributed by atoms with van der Waals surface area (Å²) in [6, 6.07) is 0. The molecule has 0 unspecified atom stereocenters. The minimum absolute atomic E-state index is 1.41. The van der Waals surface area contributed by atoms with Crippen LogP contribution in [0.15, 0.2) is 11.3 Å². The molecule has 1 nitrogen and oxygen atoms in total. The van der Waals surface area contributed by atoms with Crippen molar-refractivity contribution in [1.82, 2.24) is 0 Å². The van der Waals surface area contributed by atoms with Crippen LogP contribution in [-0.4, -0.2) is 48.6 Å². The Morgan fingerprint density at radius 1 is 0.387 bits per heavy atom. The van der Waals surface area contributed by atoms with Gasteiger partial charge in [0.15, 0.2) is 0 Å². The highest BCUT2D eigenvalue weighted by Crippen LogP contribution is 2.63. The van der Waals surface area contributed by atoms with Crippen molar-refractivity contribution < 1.29 is 92.5 Å². The molecule has 0 saturated carbocycles. The van der Waals surface area contributed by atoms with Gasteiger partial charge in [0.25, 0.3) is 0 Å². The lowest BCUT2D eigenvalue weighted by molar-refractivity contribution is -0.373. The molecular formula is C10F20O. The molecule has 0 aromatic rings. The standard InChI is InChI=1S/C10F20O/c11-3(6(16,17)18,7(19,20)21)1(2(5(13,14)15)31-10(28,29)30)4(12,8(22,23)24)9(25,26)27. The molecule has 0 heterocycles. The van der Waals surface area contributed by atoms with Gasteiger partial charge >= 0.3 is 48.6 Å². The number of allylic oxidation sites excluding steroid dienone is 2. The second-order valence-electron chi connectivity index (χ2n) is 5.06. The lowest BCUT2D eigenvalue weighted by Crippen LogP contribution is -2.66. The molecule has 186 valence electrons. The fraction of sp³-hybridized carbons (Fsp3) is 0.800. The number of alkyl halides is 20. The maximum Gasteiger partial charge on any atom is 0.573 e. The maximum atomic E-state index is 13.9. The van der Waals surface area contributed by atoms with Crippen molar-refractivity contribution in [3.05, 3.63) is 11.3 Å². The highest BCUT2D eigenvalue weighted by Gasteiger charge is 2.88. The second-order valence-corrected chi connectivity index (χ2v) is 5.06. The van der Waals surface area contributed by atoms with Crippen LogP contribution < -0.4 is 0 Å². The molecule has 0 fully saturated rings. The molecule has 0 aromatic carbocycles. The zero-order valence-corrected chi connectivity index (χ0v) is 13.0. The van der Waals surface area contributed by atoms with Crippen LogP contribution in [-0.2, 0) is 4.74 Å². The fourth-order valence-corrected chi connectivity index (χ4v) is 1.80. The van der Waals surface area contributed by atoms with Crippen molar-refractivity contribution in [2.24, 2.45) is 0 Å². The molecule has 0 saturated heterocycles. The third-order valence-corrected chi connectivity index (χ3v) is 2.95. The van der Waals surface area contributed by atoms with Gasteiger partial charge in [-0.05, 0) is 0 Å². The zero-order valence-electron chi connectivity index (χ0n) is 13.0. The molecule has 31 heavy (non-hydrogen) atoms. The monoisotopic (exact) mass is 516 g/mol. The van der Waals surface area contributed by atoms with E-state index in [0.717, 1.165) is 0 Å². The molecular weight excluding hydrogens is 516 g/mol. The summed E-state index contributed by atoms with van der Waals surface area (Å²) in [5, 5.41) is 0. The molecule has 21 heteroatoms. The predicted octanol–water partition coefficient (Wildman–Crippen LogP) is 7.01. The van der Waals surface area contributed by atoms with Gasteiger partial charge in [0.05, 0.1) is 5.57 Å². The van der Waals surface area contributed by atoms with Crippen LogP contribution in [0.25, 0.3) is 0 Å². The van der Waals surface area contributed by atoms with E-state index in [4.69, 9.17) is 0 Å². The molecule has 0 amide bonds. The molecule has 0 aliphatic carbocycles. The average molecular weight is 516 g/mol. The molecule has 0 N–H and O–H groups in total. The van der Waals surface area contributed by atoms with Crippen LogP contribution in [0.5, 0.6) is 0 Å². The first-order valence-corrected chi connectivity index (χ1v) is 6.19. The number of rotatable bonds is 3. The van der Waals surface area contributed by atoms with Gasteiger partial charge in [-0.15, -0.1) is 13.2 Å². The van der Waals surface area contributed by atoms with Gasteiger partial charge in [-0.3, -0.25) is 0 Å². The Bertz CT molecular complexity index is 606. The van der Waals surface area contributed by atoms with Gasteiger partial charge in [0.2, 0.25) is 5.76 Å². The second kappa shape index (κ2) is 7.34. The molecule has 0 aromatic heterocycles. The van der Waals surface area contributed by atoms with Gasteiger partial charge in [-0.25, -0.2) is 8.78 Å².